The smallest absolute Gasteiger partial charge is 0.326 e. The summed E-state index contributed by atoms with van der Waals surface area (Å²) < 4.78 is 24.2. The number of nitrogens with zero attached hydrogens (tertiary/aromatic N) is 2. The minimum atomic E-state index is -1.10. The third-order valence-electron chi connectivity index (χ3n) is 5.24. The van der Waals surface area contributed by atoms with Crippen LogP contribution in [0.25, 0.3) is 0 Å². The highest BCUT2D eigenvalue weighted by molar-refractivity contribution is 6.07. The molecule has 1 atom stereocenters. The highest BCUT2D eigenvalue weighted by Crippen LogP contribution is 2.33. The first-order valence-corrected chi connectivity index (χ1v) is 9.75. The molecule has 7 nitrogen and oxygen atoms in total. The summed E-state index contributed by atoms with van der Waals surface area (Å²) in [6, 6.07) is 12.8. The number of halogens is 1. The number of nitrogens with one attached hydrogen (secondary N) is 1. The molecule has 0 saturated carbocycles. The van der Waals surface area contributed by atoms with Crippen LogP contribution in [-0.4, -0.2) is 55.7 Å². The summed E-state index contributed by atoms with van der Waals surface area (Å²) in [4.78, 5) is 28.8. The Bertz CT molecular complexity index is 906. The van der Waals surface area contributed by atoms with Crippen LogP contribution in [0.4, 0.5) is 9.18 Å². The minimum absolute atomic E-state index is 0.100. The van der Waals surface area contributed by atoms with Gasteiger partial charge in [-0.15, -0.1) is 0 Å². The summed E-state index contributed by atoms with van der Waals surface area (Å²) in [7, 11) is 3.34. The van der Waals surface area contributed by atoms with Crippen LogP contribution in [-0.2, 0) is 10.3 Å². The zero-order valence-electron chi connectivity index (χ0n) is 17.4. The van der Waals surface area contributed by atoms with Gasteiger partial charge in [0, 0.05) is 6.54 Å². The van der Waals surface area contributed by atoms with Crippen LogP contribution in [0.3, 0.4) is 0 Å². The van der Waals surface area contributed by atoms with E-state index in [0.29, 0.717) is 24.3 Å². The number of hydrogen-bond acceptors (Lipinski definition) is 5. The molecule has 0 bridgehead atoms. The Kier molecular flexibility index (Phi) is 6.56. The van der Waals surface area contributed by atoms with Crippen molar-refractivity contribution >= 4 is 11.9 Å². The first-order valence-electron chi connectivity index (χ1n) is 9.75. The maximum absolute atomic E-state index is 13.6. The molecule has 1 heterocycles. The fourth-order valence-corrected chi connectivity index (χ4v) is 3.45. The summed E-state index contributed by atoms with van der Waals surface area (Å²) in [5.74, 6) is 0.113. The first kappa shape index (κ1) is 21.6. The number of rotatable bonds is 9. The fourth-order valence-electron chi connectivity index (χ4n) is 3.45. The van der Waals surface area contributed by atoms with Gasteiger partial charge in [-0.05, 0) is 43.3 Å². The van der Waals surface area contributed by atoms with E-state index in [9.17, 15) is 14.0 Å². The number of imide groups is 1. The number of amides is 3. The first-order chi connectivity index (χ1) is 14.4. The molecule has 3 amide bonds. The van der Waals surface area contributed by atoms with Gasteiger partial charge in [0.2, 0.25) is 0 Å². The average Bonchev–Trinajstić information content (AvgIpc) is 3.00. The molecule has 2 aromatic carbocycles. The molecule has 8 heteroatoms. The second-order valence-corrected chi connectivity index (χ2v) is 7.15. The summed E-state index contributed by atoms with van der Waals surface area (Å²) in [6.45, 7) is 2.59. The van der Waals surface area contributed by atoms with Gasteiger partial charge < -0.3 is 14.8 Å². The van der Waals surface area contributed by atoms with E-state index < -0.39 is 17.4 Å². The molecule has 160 valence electrons. The van der Waals surface area contributed by atoms with E-state index in [0.717, 1.165) is 0 Å². The molecule has 0 spiro atoms. The molecule has 0 aliphatic carbocycles. The number of para-hydroxylation sites is 1. The fraction of sp³-hybridized carbons (Fsp3) is 0.364. The van der Waals surface area contributed by atoms with Gasteiger partial charge in [-0.1, -0.05) is 31.2 Å². The van der Waals surface area contributed by atoms with Gasteiger partial charge in [-0.25, -0.2) is 14.1 Å². The number of urea groups is 1. The molecule has 1 aliphatic heterocycles. The van der Waals surface area contributed by atoms with Gasteiger partial charge in [0.25, 0.3) is 5.91 Å². The minimum Gasteiger partial charge on any atom is -0.497 e. The summed E-state index contributed by atoms with van der Waals surface area (Å²) >= 11 is 0. The van der Waals surface area contributed by atoms with Gasteiger partial charge in [0.05, 0.1) is 13.8 Å². The standard InChI is InChI=1S/C22H26FN3O4/c1-4-22(16-9-11-17(29-3)12-10-16)20(27)26(21(28)24-22)15-25(2)13-14-30-19-8-6-5-7-18(19)23/h5-12H,4,13-15H2,1-3H3,(H,24,28)/t22-/m1/s1. The average molecular weight is 415 g/mol. The van der Waals surface area contributed by atoms with E-state index in [4.69, 9.17) is 9.47 Å². The van der Waals surface area contributed by atoms with E-state index in [1.165, 1.54) is 11.0 Å². The second kappa shape index (κ2) is 9.13. The van der Waals surface area contributed by atoms with E-state index in [-0.39, 0.29) is 24.9 Å². The van der Waals surface area contributed by atoms with E-state index in [1.54, 1.807) is 61.5 Å². The normalized spacial score (nSPS) is 18.6. The van der Waals surface area contributed by atoms with E-state index in [1.807, 2.05) is 6.92 Å². The summed E-state index contributed by atoms with van der Waals surface area (Å²) in [5, 5.41) is 2.85. The Morgan fingerprint density at radius 1 is 1.13 bits per heavy atom. The van der Waals surface area contributed by atoms with Gasteiger partial charge >= 0.3 is 6.03 Å². The molecular weight excluding hydrogens is 389 g/mol. The van der Waals surface area contributed by atoms with Crippen molar-refractivity contribution in [3.8, 4) is 11.5 Å². The molecule has 0 aromatic heterocycles. The van der Waals surface area contributed by atoms with Crippen LogP contribution in [0.15, 0.2) is 48.5 Å². The Hall–Kier alpha value is -3.13. The molecule has 1 aliphatic rings. The number of methoxy groups -OCH3 is 1. The van der Waals surface area contributed by atoms with Crippen LogP contribution < -0.4 is 14.8 Å². The quantitative estimate of drug-likeness (QED) is 0.638. The van der Waals surface area contributed by atoms with Crippen molar-refractivity contribution in [3.05, 3.63) is 59.9 Å². The van der Waals surface area contributed by atoms with E-state index in [2.05, 4.69) is 5.32 Å². The van der Waals surface area contributed by atoms with Crippen LogP contribution in [0.1, 0.15) is 18.9 Å². The Labute approximate surface area is 175 Å². The predicted octanol–water partition coefficient (Wildman–Crippen LogP) is 2.96. The summed E-state index contributed by atoms with van der Waals surface area (Å²) in [5.41, 5.74) is -0.398. The van der Waals surface area contributed by atoms with Crippen molar-refractivity contribution in [2.24, 2.45) is 0 Å². The largest absolute Gasteiger partial charge is 0.497 e. The third kappa shape index (κ3) is 4.23. The van der Waals surface area contributed by atoms with Crippen molar-refractivity contribution in [3.63, 3.8) is 0 Å². The van der Waals surface area contributed by atoms with Crippen LogP contribution in [0.2, 0.25) is 0 Å². The van der Waals surface area contributed by atoms with Crippen LogP contribution in [0.5, 0.6) is 11.5 Å². The molecule has 0 unspecified atom stereocenters. The van der Waals surface area contributed by atoms with Gasteiger partial charge in [-0.3, -0.25) is 9.69 Å². The number of carbonyl (C=O) groups excluding carboxylic acids is 2. The molecule has 3 rings (SSSR count). The monoisotopic (exact) mass is 415 g/mol. The van der Waals surface area contributed by atoms with Crippen LogP contribution >= 0.6 is 0 Å². The number of likely N-dealkylation sites (N-methyl/N-ethyl adjacent to an activating group) is 1. The lowest BCUT2D eigenvalue weighted by molar-refractivity contribution is -0.133. The number of carbonyl (C=O) groups is 2. The SMILES string of the molecule is CC[C@]1(c2ccc(OC)cc2)NC(=O)N(CN(C)CCOc2ccccc2F)C1=O. The van der Waals surface area contributed by atoms with Crippen molar-refractivity contribution < 1.29 is 23.5 Å². The highest BCUT2D eigenvalue weighted by atomic mass is 19.1. The Morgan fingerprint density at radius 3 is 2.47 bits per heavy atom. The third-order valence-corrected chi connectivity index (χ3v) is 5.24. The van der Waals surface area contributed by atoms with E-state index >= 15 is 0 Å². The maximum Gasteiger partial charge on any atom is 0.326 e. The Morgan fingerprint density at radius 2 is 1.83 bits per heavy atom. The number of benzene rings is 2. The van der Waals surface area contributed by atoms with Crippen molar-refractivity contribution in [2.75, 3.05) is 34.0 Å². The number of ether oxygens (including phenoxy) is 2. The van der Waals surface area contributed by atoms with Gasteiger partial charge in [0.15, 0.2) is 11.6 Å². The lowest BCUT2D eigenvalue weighted by Gasteiger charge is -2.27. The molecule has 1 N–H and O–H groups in total. The van der Waals surface area contributed by atoms with Crippen molar-refractivity contribution in [1.29, 1.82) is 0 Å². The topological polar surface area (TPSA) is 71.1 Å². The van der Waals surface area contributed by atoms with Gasteiger partial charge in [-0.2, -0.15) is 0 Å². The van der Waals surface area contributed by atoms with Gasteiger partial charge in [0.1, 0.15) is 17.9 Å². The lowest BCUT2D eigenvalue weighted by Crippen LogP contribution is -2.45. The molecule has 2 aromatic rings. The molecular formula is C22H26FN3O4. The molecule has 0 radical (unpaired) electrons. The molecule has 1 saturated heterocycles. The molecule has 1 fully saturated rings. The maximum atomic E-state index is 13.6. The second-order valence-electron chi connectivity index (χ2n) is 7.15. The lowest BCUT2D eigenvalue weighted by atomic mass is 9.87. The zero-order chi connectivity index (χ0) is 21.7. The van der Waals surface area contributed by atoms with Crippen molar-refractivity contribution in [2.45, 2.75) is 18.9 Å². The summed E-state index contributed by atoms with van der Waals surface area (Å²) in [6.07, 6.45) is 0.417. The van der Waals surface area contributed by atoms with Crippen LogP contribution in [0, 0.1) is 5.82 Å². The van der Waals surface area contributed by atoms with Crippen molar-refractivity contribution in [1.82, 2.24) is 15.1 Å². The number of hydrogen-bond donors (Lipinski definition) is 1. The highest BCUT2D eigenvalue weighted by Gasteiger charge is 2.51. The zero-order valence-corrected chi connectivity index (χ0v) is 17.4. The molecule has 30 heavy (non-hydrogen) atoms. The Balaban J connectivity index is 1.64. The predicted molar refractivity (Wildman–Crippen MR) is 110 cm³/mol.